The van der Waals surface area contributed by atoms with Crippen molar-refractivity contribution in [1.82, 2.24) is 0 Å². The molecule has 1 unspecified atom stereocenters. The lowest BCUT2D eigenvalue weighted by atomic mass is 9.99. The molecule has 0 radical (unpaired) electrons. The molecule has 0 aliphatic heterocycles. The van der Waals surface area contributed by atoms with Crippen molar-refractivity contribution in [2.45, 2.75) is 13.0 Å². The molecule has 1 atom stereocenters. The van der Waals surface area contributed by atoms with Crippen LogP contribution in [-0.4, -0.2) is 0 Å². The SMILES string of the molecule is Cc1ccc(C(N)c2cc(Cl)ccc2I)cc1. The zero-order valence-electron chi connectivity index (χ0n) is 9.45. The van der Waals surface area contributed by atoms with Crippen molar-refractivity contribution in [3.05, 3.63) is 67.7 Å². The van der Waals surface area contributed by atoms with Crippen LogP contribution in [0.2, 0.25) is 5.02 Å². The Balaban J connectivity index is 2.39. The van der Waals surface area contributed by atoms with Gasteiger partial charge >= 0.3 is 0 Å². The molecule has 2 aromatic carbocycles. The second-order valence-corrected chi connectivity index (χ2v) is 5.65. The minimum absolute atomic E-state index is 0.124. The minimum atomic E-state index is -0.124. The number of benzene rings is 2. The molecule has 0 bridgehead atoms. The highest BCUT2D eigenvalue weighted by molar-refractivity contribution is 14.1. The lowest BCUT2D eigenvalue weighted by Gasteiger charge is -2.15. The van der Waals surface area contributed by atoms with E-state index in [2.05, 4.69) is 53.8 Å². The van der Waals surface area contributed by atoms with E-state index in [4.69, 9.17) is 17.3 Å². The highest BCUT2D eigenvalue weighted by Crippen LogP contribution is 2.27. The molecule has 0 saturated heterocycles. The first-order chi connectivity index (χ1) is 8.08. The number of aryl methyl sites for hydroxylation is 1. The second-order valence-electron chi connectivity index (χ2n) is 4.05. The van der Waals surface area contributed by atoms with Crippen molar-refractivity contribution in [3.8, 4) is 0 Å². The second kappa shape index (κ2) is 5.38. The third-order valence-electron chi connectivity index (χ3n) is 2.73. The highest BCUT2D eigenvalue weighted by atomic mass is 127. The van der Waals surface area contributed by atoms with Gasteiger partial charge in [-0.05, 0) is 58.8 Å². The normalized spacial score (nSPS) is 12.5. The van der Waals surface area contributed by atoms with Crippen LogP contribution in [0.3, 0.4) is 0 Å². The van der Waals surface area contributed by atoms with Gasteiger partial charge in [0.1, 0.15) is 0 Å². The van der Waals surface area contributed by atoms with Crippen LogP contribution in [0.15, 0.2) is 42.5 Å². The van der Waals surface area contributed by atoms with E-state index in [9.17, 15) is 0 Å². The van der Waals surface area contributed by atoms with Crippen LogP contribution in [0.5, 0.6) is 0 Å². The zero-order chi connectivity index (χ0) is 12.4. The molecule has 0 heterocycles. The third kappa shape index (κ3) is 3.00. The molecular weight excluding hydrogens is 345 g/mol. The Morgan fingerprint density at radius 2 is 1.76 bits per heavy atom. The van der Waals surface area contributed by atoms with Crippen LogP contribution in [-0.2, 0) is 0 Å². The summed E-state index contributed by atoms with van der Waals surface area (Å²) in [6, 6.07) is 14.0. The summed E-state index contributed by atoms with van der Waals surface area (Å²) in [5.41, 5.74) is 9.69. The molecular formula is C14H13ClIN. The van der Waals surface area contributed by atoms with Crippen LogP contribution in [0, 0.1) is 10.5 Å². The molecule has 0 aliphatic rings. The van der Waals surface area contributed by atoms with Crippen molar-refractivity contribution >= 4 is 34.2 Å². The van der Waals surface area contributed by atoms with Gasteiger partial charge in [-0.3, -0.25) is 0 Å². The Morgan fingerprint density at radius 3 is 2.41 bits per heavy atom. The molecule has 0 aromatic heterocycles. The topological polar surface area (TPSA) is 26.0 Å². The average molecular weight is 358 g/mol. The van der Waals surface area contributed by atoms with E-state index < -0.39 is 0 Å². The molecule has 0 aliphatic carbocycles. The molecule has 0 amide bonds. The van der Waals surface area contributed by atoms with Gasteiger partial charge in [-0.1, -0.05) is 41.4 Å². The summed E-state index contributed by atoms with van der Waals surface area (Å²) < 4.78 is 1.14. The monoisotopic (exact) mass is 357 g/mol. The summed E-state index contributed by atoms with van der Waals surface area (Å²) in [6.07, 6.45) is 0. The average Bonchev–Trinajstić information content (AvgIpc) is 2.32. The lowest BCUT2D eigenvalue weighted by molar-refractivity contribution is 0.864. The molecule has 88 valence electrons. The van der Waals surface area contributed by atoms with Crippen molar-refractivity contribution in [3.63, 3.8) is 0 Å². The summed E-state index contributed by atoms with van der Waals surface area (Å²) in [5, 5.41) is 0.725. The van der Waals surface area contributed by atoms with Gasteiger partial charge in [0, 0.05) is 8.59 Å². The van der Waals surface area contributed by atoms with Crippen molar-refractivity contribution < 1.29 is 0 Å². The predicted molar refractivity (Wildman–Crippen MR) is 81.4 cm³/mol. The van der Waals surface area contributed by atoms with Crippen LogP contribution < -0.4 is 5.73 Å². The standard InChI is InChI=1S/C14H13ClIN/c1-9-2-4-10(5-3-9)14(17)12-8-11(15)6-7-13(12)16/h2-8,14H,17H2,1H3. The van der Waals surface area contributed by atoms with E-state index in [-0.39, 0.29) is 6.04 Å². The summed E-state index contributed by atoms with van der Waals surface area (Å²) in [6.45, 7) is 2.07. The van der Waals surface area contributed by atoms with E-state index in [1.165, 1.54) is 5.56 Å². The van der Waals surface area contributed by atoms with Crippen molar-refractivity contribution in [2.24, 2.45) is 5.73 Å². The first kappa shape index (κ1) is 12.9. The van der Waals surface area contributed by atoms with Gasteiger partial charge < -0.3 is 5.73 Å². The van der Waals surface area contributed by atoms with Gasteiger partial charge in [-0.15, -0.1) is 0 Å². The van der Waals surface area contributed by atoms with E-state index in [1.807, 2.05) is 18.2 Å². The molecule has 1 nitrogen and oxygen atoms in total. The molecule has 2 aromatic rings. The van der Waals surface area contributed by atoms with Crippen molar-refractivity contribution in [1.29, 1.82) is 0 Å². The van der Waals surface area contributed by atoms with Gasteiger partial charge in [0.15, 0.2) is 0 Å². The number of hydrogen-bond donors (Lipinski definition) is 1. The van der Waals surface area contributed by atoms with Gasteiger partial charge in [0.05, 0.1) is 6.04 Å². The Bertz CT molecular complexity index is 522. The number of nitrogens with two attached hydrogens (primary N) is 1. The largest absolute Gasteiger partial charge is 0.320 e. The molecule has 0 saturated carbocycles. The first-order valence-electron chi connectivity index (χ1n) is 5.35. The quantitative estimate of drug-likeness (QED) is 0.797. The molecule has 0 spiro atoms. The van der Waals surface area contributed by atoms with E-state index >= 15 is 0 Å². The van der Waals surface area contributed by atoms with Gasteiger partial charge in [0.25, 0.3) is 0 Å². The van der Waals surface area contributed by atoms with Crippen LogP contribution in [0.1, 0.15) is 22.7 Å². The predicted octanol–water partition coefficient (Wildman–Crippen LogP) is 4.30. The zero-order valence-corrected chi connectivity index (χ0v) is 12.4. The first-order valence-corrected chi connectivity index (χ1v) is 6.80. The van der Waals surface area contributed by atoms with Crippen LogP contribution in [0.4, 0.5) is 0 Å². The van der Waals surface area contributed by atoms with Gasteiger partial charge in [-0.2, -0.15) is 0 Å². The number of halogens is 2. The van der Waals surface area contributed by atoms with Crippen LogP contribution >= 0.6 is 34.2 Å². The van der Waals surface area contributed by atoms with Crippen molar-refractivity contribution in [2.75, 3.05) is 0 Å². The third-order valence-corrected chi connectivity index (χ3v) is 3.95. The molecule has 17 heavy (non-hydrogen) atoms. The molecule has 2 N–H and O–H groups in total. The Labute approximate surface area is 120 Å². The van der Waals surface area contributed by atoms with Gasteiger partial charge in [-0.25, -0.2) is 0 Å². The smallest absolute Gasteiger partial charge is 0.0562 e. The maximum absolute atomic E-state index is 6.27. The number of rotatable bonds is 2. The molecule has 0 fully saturated rings. The van der Waals surface area contributed by atoms with Gasteiger partial charge in [0.2, 0.25) is 0 Å². The Kier molecular flexibility index (Phi) is 4.07. The Hall–Kier alpha value is -0.580. The van der Waals surface area contributed by atoms with E-state index in [0.29, 0.717) is 0 Å². The maximum Gasteiger partial charge on any atom is 0.0562 e. The van der Waals surface area contributed by atoms with E-state index in [1.54, 1.807) is 0 Å². The summed E-state index contributed by atoms with van der Waals surface area (Å²) in [5.74, 6) is 0. The summed E-state index contributed by atoms with van der Waals surface area (Å²) in [4.78, 5) is 0. The minimum Gasteiger partial charge on any atom is -0.320 e. The fourth-order valence-corrected chi connectivity index (χ4v) is 2.56. The highest BCUT2D eigenvalue weighted by Gasteiger charge is 2.12. The van der Waals surface area contributed by atoms with E-state index in [0.717, 1.165) is 19.7 Å². The number of hydrogen-bond acceptors (Lipinski definition) is 1. The summed E-state index contributed by atoms with van der Waals surface area (Å²) in [7, 11) is 0. The summed E-state index contributed by atoms with van der Waals surface area (Å²) >= 11 is 8.30. The molecule has 2 rings (SSSR count). The van der Waals surface area contributed by atoms with Crippen LogP contribution in [0.25, 0.3) is 0 Å². The fourth-order valence-electron chi connectivity index (χ4n) is 1.71. The fraction of sp³-hybridized carbons (Fsp3) is 0.143. The molecule has 3 heteroatoms. The maximum atomic E-state index is 6.27. The Morgan fingerprint density at radius 1 is 1.12 bits per heavy atom. The lowest BCUT2D eigenvalue weighted by Crippen LogP contribution is -2.13.